The summed E-state index contributed by atoms with van der Waals surface area (Å²) < 4.78 is 0. The molecule has 43 heavy (non-hydrogen) atoms. The number of likely N-dealkylation sites (tertiary alicyclic amines) is 1. The van der Waals surface area contributed by atoms with E-state index in [0.29, 0.717) is 29.8 Å². The Hall–Kier alpha value is -4.25. The smallest absolute Gasteiger partial charge is 0.319 e. The van der Waals surface area contributed by atoms with Crippen LogP contribution in [0.3, 0.4) is 0 Å². The number of urea groups is 1. The van der Waals surface area contributed by atoms with Crippen molar-refractivity contribution in [3.05, 3.63) is 66.2 Å². The molecule has 226 valence electrons. The van der Waals surface area contributed by atoms with Crippen molar-refractivity contribution >= 4 is 34.9 Å². The van der Waals surface area contributed by atoms with E-state index in [2.05, 4.69) is 47.9 Å². The fourth-order valence-corrected chi connectivity index (χ4v) is 6.73. The van der Waals surface area contributed by atoms with Gasteiger partial charge in [-0.15, -0.1) is 0 Å². The fourth-order valence-electron chi connectivity index (χ4n) is 6.73. The molecule has 11 heteroatoms. The van der Waals surface area contributed by atoms with Crippen molar-refractivity contribution in [1.29, 1.82) is 0 Å². The van der Waals surface area contributed by atoms with E-state index in [9.17, 15) is 9.59 Å². The quantitative estimate of drug-likeness (QED) is 0.301. The van der Waals surface area contributed by atoms with Gasteiger partial charge >= 0.3 is 6.03 Å². The summed E-state index contributed by atoms with van der Waals surface area (Å²) in [5.74, 6) is 0.880. The van der Waals surface area contributed by atoms with Crippen molar-refractivity contribution in [3.8, 4) is 0 Å². The monoisotopic (exact) mass is 583 g/mol. The molecule has 3 aromatic rings. The Bertz CT molecular complexity index is 1390. The molecule has 1 saturated carbocycles. The van der Waals surface area contributed by atoms with E-state index in [1.165, 1.54) is 57.2 Å². The van der Waals surface area contributed by atoms with Gasteiger partial charge in [-0.2, -0.15) is 0 Å². The molecule has 1 atom stereocenters. The lowest BCUT2D eigenvalue weighted by Gasteiger charge is -2.36. The van der Waals surface area contributed by atoms with Crippen molar-refractivity contribution in [2.24, 2.45) is 5.73 Å². The van der Waals surface area contributed by atoms with Crippen LogP contribution in [0.4, 0.5) is 27.8 Å². The summed E-state index contributed by atoms with van der Waals surface area (Å²) in [5.41, 5.74) is 8.56. The maximum Gasteiger partial charge on any atom is 0.319 e. The van der Waals surface area contributed by atoms with Gasteiger partial charge in [-0.05, 0) is 87.4 Å². The third-order valence-corrected chi connectivity index (χ3v) is 9.01. The Morgan fingerprint density at radius 3 is 2.40 bits per heavy atom. The third kappa shape index (κ3) is 7.22. The highest BCUT2D eigenvalue weighted by Gasteiger charge is 2.28. The number of benzene rings is 1. The second-order valence-electron chi connectivity index (χ2n) is 11.9. The molecule has 0 spiro atoms. The number of aromatic nitrogens is 3. The van der Waals surface area contributed by atoms with Crippen LogP contribution in [0.5, 0.6) is 0 Å². The largest absolute Gasteiger partial charge is 0.364 e. The molecule has 1 aliphatic carbocycles. The Kier molecular flexibility index (Phi) is 8.97. The van der Waals surface area contributed by atoms with Gasteiger partial charge in [0.05, 0.1) is 18.1 Å². The van der Waals surface area contributed by atoms with Gasteiger partial charge in [-0.1, -0.05) is 25.0 Å². The van der Waals surface area contributed by atoms with Crippen LogP contribution < -0.4 is 26.6 Å². The topological polar surface area (TPSA) is 141 Å². The zero-order chi connectivity index (χ0) is 29.6. The molecule has 2 aliphatic heterocycles. The number of hydrogen-bond donors (Lipinski definition) is 4. The molecule has 0 unspecified atom stereocenters. The van der Waals surface area contributed by atoms with Crippen LogP contribution >= 0.6 is 0 Å². The zero-order valence-corrected chi connectivity index (χ0v) is 24.5. The number of hydrogen-bond acceptors (Lipinski definition) is 8. The standard InChI is InChI=1S/C32H41N9O2/c33-30(42)29-31(36-24-11-9-22(10-12-24)23-13-17-40(18-14-23)27-7-1-2-8-27)39-28(20-35-29)41-16-4-6-26(21-41)38-32(43)37-25-5-3-15-34-19-25/h3,5,9-12,15,19-20,23,26-27H,1-2,4,6-8,13-14,16-18,21H2,(H2,33,42)(H,36,39)(H2,37,38,43)/t26-/m1/s1. The first-order chi connectivity index (χ1) is 21.0. The summed E-state index contributed by atoms with van der Waals surface area (Å²) in [5, 5.41) is 9.14. The van der Waals surface area contributed by atoms with Crippen molar-refractivity contribution in [2.75, 3.05) is 41.7 Å². The number of piperidine rings is 2. The van der Waals surface area contributed by atoms with Crippen LogP contribution in [0.25, 0.3) is 0 Å². The van der Waals surface area contributed by atoms with Crippen molar-refractivity contribution in [2.45, 2.75) is 69.4 Å². The molecule has 3 fully saturated rings. The molecule has 0 radical (unpaired) electrons. The molecule has 2 saturated heterocycles. The van der Waals surface area contributed by atoms with E-state index in [4.69, 9.17) is 10.7 Å². The SMILES string of the molecule is NC(=O)c1ncc(N2CCC[C@@H](NC(=O)Nc3cccnc3)C2)nc1Nc1ccc(C2CCN(C3CCCC3)CC2)cc1. The minimum Gasteiger partial charge on any atom is -0.364 e. The predicted molar refractivity (Wildman–Crippen MR) is 168 cm³/mol. The van der Waals surface area contributed by atoms with Crippen molar-refractivity contribution < 1.29 is 9.59 Å². The van der Waals surface area contributed by atoms with E-state index < -0.39 is 5.91 Å². The van der Waals surface area contributed by atoms with Crippen LogP contribution in [-0.2, 0) is 0 Å². The second kappa shape index (κ2) is 13.4. The lowest BCUT2D eigenvalue weighted by molar-refractivity contribution is 0.0996. The molecule has 1 aromatic carbocycles. The molecule has 5 N–H and O–H groups in total. The molecule has 3 amide bonds. The summed E-state index contributed by atoms with van der Waals surface area (Å²) >= 11 is 0. The summed E-state index contributed by atoms with van der Waals surface area (Å²) in [7, 11) is 0. The minimum atomic E-state index is -0.641. The molecule has 4 heterocycles. The number of anilines is 4. The van der Waals surface area contributed by atoms with Crippen molar-refractivity contribution in [3.63, 3.8) is 0 Å². The van der Waals surface area contributed by atoms with Gasteiger partial charge in [0.1, 0.15) is 5.82 Å². The van der Waals surface area contributed by atoms with Crippen molar-refractivity contribution in [1.82, 2.24) is 25.2 Å². The third-order valence-electron chi connectivity index (χ3n) is 9.01. The van der Waals surface area contributed by atoms with E-state index in [0.717, 1.165) is 31.1 Å². The highest BCUT2D eigenvalue weighted by atomic mass is 16.2. The van der Waals surface area contributed by atoms with Gasteiger partial charge in [0.15, 0.2) is 11.5 Å². The van der Waals surface area contributed by atoms with Gasteiger partial charge in [-0.3, -0.25) is 9.78 Å². The van der Waals surface area contributed by atoms with Gasteiger partial charge in [0, 0.05) is 37.1 Å². The normalized spacial score (nSPS) is 20.1. The first-order valence-corrected chi connectivity index (χ1v) is 15.5. The number of nitrogens with one attached hydrogen (secondary N) is 3. The van der Waals surface area contributed by atoms with Crippen LogP contribution in [-0.4, -0.2) is 70.1 Å². The molecular formula is C32H41N9O2. The van der Waals surface area contributed by atoms with Crippen LogP contribution in [0, 0.1) is 0 Å². The minimum absolute atomic E-state index is 0.0722. The Morgan fingerprint density at radius 1 is 0.884 bits per heavy atom. The fraction of sp³-hybridized carbons (Fsp3) is 0.469. The van der Waals surface area contributed by atoms with Gasteiger partial charge in [-0.25, -0.2) is 14.8 Å². The maximum absolute atomic E-state index is 12.5. The molecule has 11 nitrogen and oxygen atoms in total. The number of primary amides is 1. The Morgan fingerprint density at radius 2 is 1.67 bits per heavy atom. The number of nitrogens with zero attached hydrogens (tertiary/aromatic N) is 5. The lowest BCUT2D eigenvalue weighted by atomic mass is 9.88. The number of rotatable bonds is 8. The van der Waals surface area contributed by atoms with Gasteiger partial charge < -0.3 is 31.5 Å². The summed E-state index contributed by atoms with van der Waals surface area (Å²) in [6.45, 7) is 3.70. The number of carbonyl (C=O) groups is 2. The van der Waals surface area contributed by atoms with Crippen LogP contribution in [0.2, 0.25) is 0 Å². The Balaban J connectivity index is 1.08. The first kappa shape index (κ1) is 28.9. The summed E-state index contributed by atoms with van der Waals surface area (Å²) in [4.78, 5) is 42.7. The van der Waals surface area contributed by atoms with E-state index in [-0.39, 0.29) is 17.8 Å². The summed E-state index contributed by atoms with van der Waals surface area (Å²) in [6, 6.07) is 12.4. The molecule has 6 rings (SSSR count). The highest BCUT2D eigenvalue weighted by molar-refractivity contribution is 5.96. The van der Waals surface area contributed by atoms with Crippen LogP contribution in [0.1, 0.15) is 73.3 Å². The average molecular weight is 584 g/mol. The van der Waals surface area contributed by atoms with Crippen LogP contribution in [0.15, 0.2) is 55.0 Å². The number of carbonyl (C=O) groups excluding carboxylic acids is 2. The van der Waals surface area contributed by atoms with Gasteiger partial charge in [0.2, 0.25) is 0 Å². The van der Waals surface area contributed by atoms with E-state index >= 15 is 0 Å². The number of amides is 3. The molecular weight excluding hydrogens is 542 g/mol. The first-order valence-electron chi connectivity index (χ1n) is 15.5. The maximum atomic E-state index is 12.5. The molecule has 2 aromatic heterocycles. The van der Waals surface area contributed by atoms with Gasteiger partial charge in [0.25, 0.3) is 5.91 Å². The highest BCUT2D eigenvalue weighted by Crippen LogP contribution is 2.33. The molecule has 0 bridgehead atoms. The summed E-state index contributed by atoms with van der Waals surface area (Å²) in [6.07, 6.45) is 14.4. The predicted octanol–water partition coefficient (Wildman–Crippen LogP) is 4.63. The van der Waals surface area contributed by atoms with E-state index in [1.54, 1.807) is 30.7 Å². The number of pyridine rings is 1. The van der Waals surface area contributed by atoms with E-state index in [1.807, 2.05) is 12.1 Å². The second-order valence-corrected chi connectivity index (χ2v) is 11.9. The molecule has 3 aliphatic rings. The average Bonchev–Trinajstić information content (AvgIpc) is 3.57. The Labute approximate surface area is 252 Å². The zero-order valence-electron chi connectivity index (χ0n) is 24.5. The lowest BCUT2D eigenvalue weighted by Crippen LogP contribution is -2.49. The number of nitrogens with two attached hydrogens (primary N) is 1.